The highest BCUT2D eigenvalue weighted by Crippen LogP contribution is 2.25. The Balaban J connectivity index is 2.24. The van der Waals surface area contributed by atoms with E-state index < -0.39 is 11.6 Å². The lowest BCUT2D eigenvalue weighted by Gasteiger charge is -2.01. The van der Waals surface area contributed by atoms with Gasteiger partial charge in [-0.05, 0) is 36.0 Å². The Morgan fingerprint density at radius 2 is 1.94 bits per heavy atom. The number of nitrogens with two attached hydrogens (primary N) is 1. The van der Waals surface area contributed by atoms with E-state index in [1.807, 2.05) is 0 Å². The third kappa shape index (κ3) is 2.46. The smallest absolute Gasteiger partial charge is 0.194 e. The third-order valence-corrected chi connectivity index (χ3v) is 2.62. The fraction of sp³-hybridized carbons (Fsp3) is 0. The Bertz CT molecular complexity index is 519. The second kappa shape index (κ2) is 4.44. The molecule has 3 nitrogen and oxygen atoms in total. The summed E-state index contributed by atoms with van der Waals surface area (Å²) in [7, 11) is 0. The second-order valence-electron chi connectivity index (χ2n) is 2.94. The first-order chi connectivity index (χ1) is 7.65. The monoisotopic (exact) mass is 239 g/mol. The Kier molecular flexibility index (Phi) is 3.00. The number of hydrogen-bond donors (Lipinski definition) is 1. The lowest BCUT2D eigenvalue weighted by Crippen LogP contribution is -1.93. The van der Waals surface area contributed by atoms with E-state index in [9.17, 15) is 8.78 Å². The second-order valence-corrected chi connectivity index (χ2v) is 3.98. The van der Waals surface area contributed by atoms with Crippen LogP contribution in [0.2, 0.25) is 0 Å². The largest absolute Gasteiger partial charge is 0.384 e. The van der Waals surface area contributed by atoms with E-state index in [-0.39, 0.29) is 0 Å². The summed E-state index contributed by atoms with van der Waals surface area (Å²) in [6, 6.07) is 5.15. The molecule has 0 saturated heterocycles. The molecule has 6 heteroatoms. The van der Waals surface area contributed by atoms with Gasteiger partial charge in [0.15, 0.2) is 16.8 Å². The number of nitrogen functional groups attached to an aromatic ring is 1. The Hall–Kier alpha value is -1.69. The van der Waals surface area contributed by atoms with Crippen molar-refractivity contribution in [2.75, 3.05) is 5.73 Å². The zero-order valence-corrected chi connectivity index (χ0v) is 8.84. The molecular weight excluding hydrogens is 232 g/mol. The van der Waals surface area contributed by atoms with Gasteiger partial charge in [0, 0.05) is 11.1 Å². The maximum Gasteiger partial charge on any atom is 0.194 e. The van der Waals surface area contributed by atoms with E-state index in [1.54, 1.807) is 6.07 Å². The van der Waals surface area contributed by atoms with Crippen LogP contribution in [-0.2, 0) is 0 Å². The minimum Gasteiger partial charge on any atom is -0.384 e. The number of nitrogens with zero attached hydrogens (tertiary/aromatic N) is 2. The number of anilines is 1. The standard InChI is InChI=1S/C10H7F2N3S/c11-7-2-1-6(5-8(7)12)16-10-14-4-3-9(13)15-10/h1-5H,(H2,13,14,15). The lowest BCUT2D eigenvalue weighted by atomic mass is 10.3. The molecule has 0 bridgehead atoms. The van der Waals surface area contributed by atoms with Crippen LogP contribution < -0.4 is 5.73 Å². The lowest BCUT2D eigenvalue weighted by molar-refractivity contribution is 0.506. The van der Waals surface area contributed by atoms with Gasteiger partial charge in [-0.15, -0.1) is 0 Å². The predicted molar refractivity (Wildman–Crippen MR) is 56.9 cm³/mol. The highest BCUT2D eigenvalue weighted by atomic mass is 32.2. The fourth-order valence-corrected chi connectivity index (χ4v) is 1.82. The van der Waals surface area contributed by atoms with E-state index in [0.717, 1.165) is 23.9 Å². The van der Waals surface area contributed by atoms with Gasteiger partial charge in [-0.25, -0.2) is 18.7 Å². The Labute approximate surface area is 94.7 Å². The number of rotatable bonds is 2. The molecule has 2 rings (SSSR count). The van der Waals surface area contributed by atoms with Gasteiger partial charge in [0.2, 0.25) is 0 Å². The summed E-state index contributed by atoms with van der Waals surface area (Å²) in [6.07, 6.45) is 1.50. The van der Waals surface area contributed by atoms with Gasteiger partial charge < -0.3 is 5.73 Å². The van der Waals surface area contributed by atoms with Crippen molar-refractivity contribution in [1.82, 2.24) is 9.97 Å². The van der Waals surface area contributed by atoms with Gasteiger partial charge >= 0.3 is 0 Å². The van der Waals surface area contributed by atoms with Gasteiger partial charge in [-0.3, -0.25) is 0 Å². The number of halogens is 2. The van der Waals surface area contributed by atoms with Crippen LogP contribution in [0.25, 0.3) is 0 Å². The van der Waals surface area contributed by atoms with Gasteiger partial charge in [-0.2, -0.15) is 0 Å². The van der Waals surface area contributed by atoms with Crippen LogP contribution in [0.5, 0.6) is 0 Å². The molecule has 0 radical (unpaired) electrons. The average molecular weight is 239 g/mol. The Morgan fingerprint density at radius 1 is 1.12 bits per heavy atom. The number of benzene rings is 1. The summed E-state index contributed by atoms with van der Waals surface area (Å²) < 4.78 is 25.6. The van der Waals surface area contributed by atoms with Crippen LogP contribution in [0.1, 0.15) is 0 Å². The number of hydrogen-bond acceptors (Lipinski definition) is 4. The molecule has 0 atom stereocenters. The number of aromatic nitrogens is 2. The van der Waals surface area contributed by atoms with Crippen molar-refractivity contribution in [1.29, 1.82) is 0 Å². The van der Waals surface area contributed by atoms with Crippen LogP contribution in [0.4, 0.5) is 14.6 Å². The quantitative estimate of drug-likeness (QED) is 0.818. The first-order valence-corrected chi connectivity index (χ1v) is 5.18. The van der Waals surface area contributed by atoms with Crippen molar-refractivity contribution in [3.8, 4) is 0 Å². The predicted octanol–water partition coefficient (Wildman–Crippen LogP) is 2.49. The molecule has 0 aliphatic rings. The molecule has 16 heavy (non-hydrogen) atoms. The zero-order valence-electron chi connectivity index (χ0n) is 8.02. The molecule has 2 aromatic rings. The summed E-state index contributed by atoms with van der Waals surface area (Å²) in [5.41, 5.74) is 5.47. The van der Waals surface area contributed by atoms with E-state index in [0.29, 0.717) is 15.9 Å². The topological polar surface area (TPSA) is 51.8 Å². The molecule has 0 saturated carbocycles. The first-order valence-electron chi connectivity index (χ1n) is 4.36. The van der Waals surface area contributed by atoms with Gasteiger partial charge in [0.1, 0.15) is 5.82 Å². The zero-order chi connectivity index (χ0) is 11.5. The van der Waals surface area contributed by atoms with Crippen LogP contribution >= 0.6 is 11.8 Å². The minimum absolute atomic E-state index is 0.333. The average Bonchev–Trinajstić information content (AvgIpc) is 2.24. The van der Waals surface area contributed by atoms with E-state index in [4.69, 9.17) is 5.73 Å². The molecule has 0 aliphatic heterocycles. The maximum atomic E-state index is 12.9. The summed E-state index contributed by atoms with van der Waals surface area (Å²) in [6.45, 7) is 0. The fourth-order valence-electron chi connectivity index (χ4n) is 1.05. The highest BCUT2D eigenvalue weighted by molar-refractivity contribution is 7.99. The molecule has 82 valence electrons. The molecule has 2 N–H and O–H groups in total. The molecule has 0 aliphatic carbocycles. The molecule has 1 aromatic carbocycles. The van der Waals surface area contributed by atoms with Crippen LogP contribution in [0.3, 0.4) is 0 Å². The molecule has 1 heterocycles. The van der Waals surface area contributed by atoms with Crippen LogP contribution in [0, 0.1) is 11.6 Å². The normalized spacial score (nSPS) is 10.4. The van der Waals surface area contributed by atoms with Crippen molar-refractivity contribution in [3.63, 3.8) is 0 Å². The SMILES string of the molecule is Nc1ccnc(Sc2ccc(F)c(F)c2)n1. The van der Waals surface area contributed by atoms with Crippen molar-refractivity contribution >= 4 is 17.6 Å². The van der Waals surface area contributed by atoms with E-state index in [2.05, 4.69) is 9.97 Å². The maximum absolute atomic E-state index is 12.9. The van der Waals surface area contributed by atoms with Crippen LogP contribution in [-0.4, -0.2) is 9.97 Å². The van der Waals surface area contributed by atoms with Crippen molar-refractivity contribution in [2.24, 2.45) is 0 Å². The summed E-state index contributed by atoms with van der Waals surface area (Å²) >= 11 is 1.12. The van der Waals surface area contributed by atoms with Crippen LogP contribution in [0.15, 0.2) is 40.5 Å². The molecule has 0 fully saturated rings. The molecule has 0 amide bonds. The molecule has 0 unspecified atom stereocenters. The molecular formula is C10H7F2N3S. The molecule has 0 spiro atoms. The van der Waals surface area contributed by atoms with Crippen molar-refractivity contribution < 1.29 is 8.78 Å². The summed E-state index contributed by atoms with van der Waals surface area (Å²) in [4.78, 5) is 8.39. The van der Waals surface area contributed by atoms with E-state index in [1.165, 1.54) is 12.3 Å². The van der Waals surface area contributed by atoms with Crippen molar-refractivity contribution in [3.05, 3.63) is 42.1 Å². The minimum atomic E-state index is -0.895. The highest BCUT2D eigenvalue weighted by Gasteiger charge is 2.05. The van der Waals surface area contributed by atoms with E-state index >= 15 is 0 Å². The van der Waals surface area contributed by atoms with Crippen molar-refractivity contribution in [2.45, 2.75) is 10.1 Å². The van der Waals surface area contributed by atoms with Gasteiger partial charge in [0.05, 0.1) is 0 Å². The molecule has 1 aromatic heterocycles. The summed E-state index contributed by atoms with van der Waals surface area (Å²) in [5, 5.41) is 0.394. The summed E-state index contributed by atoms with van der Waals surface area (Å²) in [5.74, 6) is -1.44. The third-order valence-electron chi connectivity index (χ3n) is 1.76. The van der Waals surface area contributed by atoms with Gasteiger partial charge in [0.25, 0.3) is 0 Å². The Morgan fingerprint density at radius 3 is 2.62 bits per heavy atom. The van der Waals surface area contributed by atoms with Gasteiger partial charge in [-0.1, -0.05) is 0 Å². The first kappa shape index (κ1) is 10.8.